The molecule has 110 valence electrons. The molecule has 3 rings (SSSR count). The van der Waals surface area contributed by atoms with Gasteiger partial charge in [-0.25, -0.2) is 0 Å². The minimum Gasteiger partial charge on any atom is -0.323 e. The first-order chi connectivity index (χ1) is 10.8. The fourth-order valence-electron chi connectivity index (χ4n) is 2.93. The molecule has 0 amide bonds. The monoisotopic (exact) mass is 287 g/mol. The number of benzene rings is 3. The molecule has 22 heavy (non-hydrogen) atoms. The van der Waals surface area contributed by atoms with E-state index in [0.717, 1.165) is 6.42 Å². The number of rotatable bonds is 5. The van der Waals surface area contributed by atoms with E-state index in [-0.39, 0.29) is 12.0 Å². The van der Waals surface area contributed by atoms with Crippen LogP contribution < -0.4 is 5.73 Å². The molecule has 0 aliphatic carbocycles. The zero-order valence-corrected chi connectivity index (χ0v) is 12.6. The molecule has 2 atom stereocenters. The molecule has 3 aromatic carbocycles. The van der Waals surface area contributed by atoms with E-state index >= 15 is 0 Å². The fraction of sp³-hybridized carbons (Fsp3) is 0.143. The van der Waals surface area contributed by atoms with E-state index < -0.39 is 0 Å². The van der Waals surface area contributed by atoms with E-state index in [0.29, 0.717) is 0 Å². The first-order valence-electron chi connectivity index (χ1n) is 7.74. The van der Waals surface area contributed by atoms with Crippen molar-refractivity contribution in [2.24, 2.45) is 5.73 Å². The molecule has 2 unspecified atom stereocenters. The van der Waals surface area contributed by atoms with Gasteiger partial charge in [0.15, 0.2) is 0 Å². The average molecular weight is 287 g/mol. The summed E-state index contributed by atoms with van der Waals surface area (Å²) in [6.45, 7) is 0. The molecule has 0 fully saturated rings. The van der Waals surface area contributed by atoms with E-state index in [9.17, 15) is 0 Å². The summed E-state index contributed by atoms with van der Waals surface area (Å²) >= 11 is 0. The lowest BCUT2D eigenvalue weighted by Gasteiger charge is -2.25. The van der Waals surface area contributed by atoms with Crippen LogP contribution in [0.3, 0.4) is 0 Å². The Bertz CT molecular complexity index is 677. The Hall–Kier alpha value is -2.38. The summed E-state index contributed by atoms with van der Waals surface area (Å²) in [4.78, 5) is 0. The summed E-state index contributed by atoms with van der Waals surface area (Å²) in [5.41, 5.74) is 10.4. The molecule has 0 saturated heterocycles. The SMILES string of the molecule is NC(c1ccccc1)C(Cc1ccccc1)c1ccccc1. The van der Waals surface area contributed by atoms with Crippen LogP contribution in [0.2, 0.25) is 0 Å². The van der Waals surface area contributed by atoms with E-state index in [2.05, 4.69) is 84.9 Å². The van der Waals surface area contributed by atoms with Crippen molar-refractivity contribution in [1.82, 2.24) is 0 Å². The predicted octanol–water partition coefficient (Wildman–Crippen LogP) is 4.71. The third-order valence-corrected chi connectivity index (χ3v) is 4.14. The third kappa shape index (κ3) is 3.44. The van der Waals surface area contributed by atoms with Crippen molar-refractivity contribution in [3.05, 3.63) is 108 Å². The van der Waals surface area contributed by atoms with Gasteiger partial charge in [-0.05, 0) is 23.1 Å². The van der Waals surface area contributed by atoms with Gasteiger partial charge < -0.3 is 5.73 Å². The maximum absolute atomic E-state index is 6.62. The first kappa shape index (κ1) is 14.6. The molecule has 0 heterocycles. The Kier molecular flexibility index (Phi) is 4.67. The third-order valence-electron chi connectivity index (χ3n) is 4.14. The van der Waals surface area contributed by atoms with E-state index in [1.54, 1.807) is 0 Å². The maximum atomic E-state index is 6.62. The summed E-state index contributed by atoms with van der Waals surface area (Å²) in [6.07, 6.45) is 0.945. The Morgan fingerprint density at radius 1 is 0.591 bits per heavy atom. The van der Waals surface area contributed by atoms with Gasteiger partial charge in [-0.1, -0.05) is 91.0 Å². The van der Waals surface area contributed by atoms with Gasteiger partial charge in [-0.15, -0.1) is 0 Å². The Morgan fingerprint density at radius 3 is 1.59 bits per heavy atom. The first-order valence-corrected chi connectivity index (χ1v) is 7.74. The van der Waals surface area contributed by atoms with E-state index in [4.69, 9.17) is 5.73 Å². The van der Waals surface area contributed by atoms with Crippen LogP contribution in [0.4, 0.5) is 0 Å². The molecule has 0 saturated carbocycles. The topological polar surface area (TPSA) is 26.0 Å². The summed E-state index contributed by atoms with van der Waals surface area (Å²) in [5.74, 6) is 0.269. The summed E-state index contributed by atoms with van der Waals surface area (Å²) in [6, 6.07) is 31.5. The zero-order chi connectivity index (χ0) is 15.2. The van der Waals surface area contributed by atoms with Gasteiger partial charge >= 0.3 is 0 Å². The minimum absolute atomic E-state index is 0.0104. The molecular weight excluding hydrogens is 266 g/mol. The van der Waals surface area contributed by atoms with Crippen molar-refractivity contribution in [3.63, 3.8) is 0 Å². The van der Waals surface area contributed by atoms with Gasteiger partial charge in [0.2, 0.25) is 0 Å². The molecule has 3 aromatic rings. The lowest BCUT2D eigenvalue weighted by Crippen LogP contribution is -2.21. The Morgan fingerprint density at radius 2 is 1.05 bits per heavy atom. The van der Waals surface area contributed by atoms with Crippen molar-refractivity contribution in [3.8, 4) is 0 Å². The predicted molar refractivity (Wildman–Crippen MR) is 92.7 cm³/mol. The molecule has 1 nitrogen and oxygen atoms in total. The smallest absolute Gasteiger partial charge is 0.0367 e. The fourth-order valence-corrected chi connectivity index (χ4v) is 2.93. The van der Waals surface area contributed by atoms with Crippen LogP contribution in [-0.4, -0.2) is 0 Å². The normalized spacial score (nSPS) is 13.5. The molecular formula is C21H21N. The minimum atomic E-state index is -0.0104. The van der Waals surface area contributed by atoms with Gasteiger partial charge in [-0.2, -0.15) is 0 Å². The lowest BCUT2D eigenvalue weighted by molar-refractivity contribution is 0.551. The van der Waals surface area contributed by atoms with Crippen LogP contribution in [-0.2, 0) is 6.42 Å². The van der Waals surface area contributed by atoms with Crippen LogP contribution in [0.5, 0.6) is 0 Å². The van der Waals surface area contributed by atoms with Gasteiger partial charge in [-0.3, -0.25) is 0 Å². The number of hydrogen-bond donors (Lipinski definition) is 1. The summed E-state index contributed by atoms with van der Waals surface area (Å²) in [7, 11) is 0. The summed E-state index contributed by atoms with van der Waals surface area (Å²) < 4.78 is 0. The molecule has 0 aliphatic rings. The van der Waals surface area contributed by atoms with Crippen molar-refractivity contribution < 1.29 is 0 Å². The van der Waals surface area contributed by atoms with Crippen LogP contribution in [0.15, 0.2) is 91.0 Å². The molecule has 0 aromatic heterocycles. The molecule has 0 bridgehead atoms. The highest BCUT2D eigenvalue weighted by molar-refractivity contribution is 5.30. The van der Waals surface area contributed by atoms with Crippen molar-refractivity contribution in [2.45, 2.75) is 18.4 Å². The largest absolute Gasteiger partial charge is 0.323 e. The highest BCUT2D eigenvalue weighted by atomic mass is 14.7. The van der Waals surface area contributed by atoms with Crippen LogP contribution in [0.25, 0.3) is 0 Å². The maximum Gasteiger partial charge on any atom is 0.0367 e. The molecule has 2 N–H and O–H groups in total. The highest BCUT2D eigenvalue weighted by Gasteiger charge is 2.21. The number of hydrogen-bond acceptors (Lipinski definition) is 1. The van der Waals surface area contributed by atoms with Gasteiger partial charge in [0.1, 0.15) is 0 Å². The Balaban J connectivity index is 1.93. The Labute approximate surface area is 132 Å². The molecule has 1 heteroatoms. The van der Waals surface area contributed by atoms with E-state index in [1.807, 2.05) is 6.07 Å². The van der Waals surface area contributed by atoms with E-state index in [1.165, 1.54) is 16.7 Å². The molecule has 0 aliphatic heterocycles. The quantitative estimate of drug-likeness (QED) is 0.722. The average Bonchev–Trinajstić information content (AvgIpc) is 2.61. The second kappa shape index (κ2) is 7.06. The van der Waals surface area contributed by atoms with Crippen molar-refractivity contribution in [2.75, 3.05) is 0 Å². The number of nitrogens with two attached hydrogens (primary N) is 1. The zero-order valence-electron chi connectivity index (χ0n) is 12.6. The van der Waals surface area contributed by atoms with Gasteiger partial charge in [0, 0.05) is 12.0 Å². The van der Waals surface area contributed by atoms with Gasteiger partial charge in [0.25, 0.3) is 0 Å². The highest BCUT2D eigenvalue weighted by Crippen LogP contribution is 2.32. The van der Waals surface area contributed by atoms with Crippen molar-refractivity contribution >= 4 is 0 Å². The van der Waals surface area contributed by atoms with Crippen molar-refractivity contribution in [1.29, 1.82) is 0 Å². The van der Waals surface area contributed by atoms with Crippen LogP contribution >= 0.6 is 0 Å². The molecule has 0 radical (unpaired) electrons. The van der Waals surface area contributed by atoms with Gasteiger partial charge in [0.05, 0.1) is 0 Å². The lowest BCUT2D eigenvalue weighted by atomic mass is 9.83. The second-order valence-corrected chi connectivity index (χ2v) is 5.64. The standard InChI is InChI=1S/C21H21N/c22-21(19-14-8-3-9-15-19)20(18-12-6-2-7-13-18)16-17-10-4-1-5-11-17/h1-15,20-21H,16,22H2. The summed E-state index contributed by atoms with van der Waals surface area (Å²) in [5, 5.41) is 0. The second-order valence-electron chi connectivity index (χ2n) is 5.64. The van der Waals surface area contributed by atoms with Crippen LogP contribution in [0.1, 0.15) is 28.7 Å². The van der Waals surface area contributed by atoms with Crippen LogP contribution in [0, 0.1) is 0 Å². The molecule has 0 spiro atoms.